The van der Waals surface area contributed by atoms with Crippen LogP contribution < -0.4 is 10.6 Å². The Morgan fingerprint density at radius 3 is 3.06 bits per heavy atom. The van der Waals surface area contributed by atoms with Crippen LogP contribution in [-0.2, 0) is 0 Å². The molecule has 2 aromatic rings. The molecule has 0 aromatic carbocycles. The molecule has 0 amide bonds. The molecule has 0 saturated heterocycles. The molecule has 3 rings (SSSR count). The summed E-state index contributed by atoms with van der Waals surface area (Å²) >= 11 is 0. The SMILES string of the molecule is CN(CC1CC(N)C1)c1ccc2nnnn2n1. The first kappa shape index (κ1) is 10.4. The molecule has 0 bridgehead atoms. The van der Waals surface area contributed by atoms with E-state index in [1.807, 2.05) is 19.2 Å². The average Bonchev–Trinajstić information content (AvgIpc) is 2.73. The van der Waals surface area contributed by atoms with E-state index in [-0.39, 0.29) is 0 Å². The van der Waals surface area contributed by atoms with Gasteiger partial charge in [-0.15, -0.1) is 14.8 Å². The molecule has 2 heterocycles. The Morgan fingerprint density at radius 2 is 2.29 bits per heavy atom. The molecule has 90 valence electrons. The maximum Gasteiger partial charge on any atom is 0.200 e. The van der Waals surface area contributed by atoms with E-state index in [4.69, 9.17) is 5.73 Å². The molecule has 1 saturated carbocycles. The van der Waals surface area contributed by atoms with Crippen LogP contribution in [0.25, 0.3) is 5.65 Å². The summed E-state index contributed by atoms with van der Waals surface area (Å²) in [6.07, 6.45) is 2.22. The van der Waals surface area contributed by atoms with Gasteiger partial charge in [-0.2, -0.15) is 0 Å². The monoisotopic (exact) mass is 233 g/mol. The molecule has 0 aliphatic heterocycles. The summed E-state index contributed by atoms with van der Waals surface area (Å²) in [6.45, 7) is 0.980. The first-order valence-corrected chi connectivity index (χ1v) is 5.74. The summed E-state index contributed by atoms with van der Waals surface area (Å²) < 4.78 is 1.44. The number of nitrogens with zero attached hydrogens (tertiary/aromatic N) is 6. The highest BCUT2D eigenvalue weighted by Crippen LogP contribution is 2.27. The molecular formula is C10H15N7. The molecule has 7 nitrogen and oxygen atoms in total. The van der Waals surface area contributed by atoms with Crippen molar-refractivity contribution in [3.63, 3.8) is 0 Å². The van der Waals surface area contributed by atoms with Crippen molar-refractivity contribution in [3.05, 3.63) is 12.1 Å². The number of hydrogen-bond acceptors (Lipinski definition) is 6. The zero-order chi connectivity index (χ0) is 11.8. The van der Waals surface area contributed by atoms with Crippen LogP contribution in [0.3, 0.4) is 0 Å². The van der Waals surface area contributed by atoms with Crippen molar-refractivity contribution in [3.8, 4) is 0 Å². The third-order valence-corrected chi connectivity index (χ3v) is 3.25. The quantitative estimate of drug-likeness (QED) is 0.783. The van der Waals surface area contributed by atoms with Crippen LogP contribution in [-0.4, -0.2) is 44.9 Å². The fourth-order valence-electron chi connectivity index (χ4n) is 2.26. The first-order chi connectivity index (χ1) is 8.22. The predicted octanol–water partition coefficient (Wildman–Crippen LogP) is -0.307. The van der Waals surface area contributed by atoms with Gasteiger partial charge in [0, 0.05) is 19.6 Å². The number of aromatic nitrogens is 5. The highest BCUT2D eigenvalue weighted by atomic mass is 15.6. The lowest BCUT2D eigenvalue weighted by Gasteiger charge is -2.35. The number of fused-ring (bicyclic) bond motifs is 1. The lowest BCUT2D eigenvalue weighted by molar-refractivity contribution is 0.270. The summed E-state index contributed by atoms with van der Waals surface area (Å²) in [5, 5.41) is 15.5. The zero-order valence-corrected chi connectivity index (χ0v) is 9.69. The second kappa shape index (κ2) is 3.92. The topological polar surface area (TPSA) is 85.2 Å². The fraction of sp³-hybridized carbons (Fsp3) is 0.600. The summed E-state index contributed by atoms with van der Waals surface area (Å²) in [5.41, 5.74) is 6.44. The van der Waals surface area contributed by atoms with Gasteiger partial charge in [0.2, 0.25) is 0 Å². The largest absolute Gasteiger partial charge is 0.358 e. The van der Waals surface area contributed by atoms with Gasteiger partial charge in [0.15, 0.2) is 11.5 Å². The highest BCUT2D eigenvalue weighted by molar-refractivity contribution is 5.43. The lowest BCUT2D eigenvalue weighted by Crippen LogP contribution is -2.42. The standard InChI is InChI=1S/C10H15N7/c1-16(6-7-4-8(11)5-7)10-3-2-9-12-14-15-17(9)13-10/h2-3,7-8H,4-6,11H2,1H3. The van der Waals surface area contributed by atoms with Crippen LogP contribution in [0, 0.1) is 5.92 Å². The first-order valence-electron chi connectivity index (χ1n) is 5.74. The van der Waals surface area contributed by atoms with Crippen molar-refractivity contribution in [1.82, 2.24) is 25.3 Å². The zero-order valence-electron chi connectivity index (χ0n) is 9.69. The van der Waals surface area contributed by atoms with Crippen LogP contribution in [0.1, 0.15) is 12.8 Å². The molecule has 1 aliphatic carbocycles. The molecule has 7 heteroatoms. The van der Waals surface area contributed by atoms with Gasteiger partial charge in [0.1, 0.15) is 0 Å². The minimum atomic E-state index is 0.392. The van der Waals surface area contributed by atoms with E-state index in [9.17, 15) is 0 Å². The van der Waals surface area contributed by atoms with E-state index in [0.29, 0.717) is 17.6 Å². The van der Waals surface area contributed by atoms with Gasteiger partial charge in [-0.3, -0.25) is 0 Å². The van der Waals surface area contributed by atoms with E-state index in [1.54, 1.807) is 0 Å². The summed E-state index contributed by atoms with van der Waals surface area (Å²) in [6, 6.07) is 4.19. The second-order valence-electron chi connectivity index (χ2n) is 4.70. The molecule has 1 aliphatic rings. The third-order valence-electron chi connectivity index (χ3n) is 3.25. The summed E-state index contributed by atoms with van der Waals surface area (Å²) in [5.74, 6) is 1.56. The van der Waals surface area contributed by atoms with Crippen LogP contribution in [0.2, 0.25) is 0 Å². The van der Waals surface area contributed by atoms with Gasteiger partial charge in [0.05, 0.1) is 0 Å². The van der Waals surface area contributed by atoms with E-state index >= 15 is 0 Å². The van der Waals surface area contributed by atoms with E-state index in [0.717, 1.165) is 25.2 Å². The molecule has 1 fully saturated rings. The van der Waals surface area contributed by atoms with E-state index in [1.165, 1.54) is 4.63 Å². The maximum atomic E-state index is 5.78. The molecule has 0 spiro atoms. The smallest absolute Gasteiger partial charge is 0.200 e. The van der Waals surface area contributed by atoms with E-state index < -0.39 is 0 Å². The normalized spacial score (nSPS) is 23.6. The van der Waals surface area contributed by atoms with Gasteiger partial charge in [0.25, 0.3) is 0 Å². The Balaban J connectivity index is 1.73. The molecule has 2 N–H and O–H groups in total. The van der Waals surface area contributed by atoms with Crippen LogP contribution in [0.15, 0.2) is 12.1 Å². The predicted molar refractivity (Wildman–Crippen MR) is 62.5 cm³/mol. The summed E-state index contributed by atoms with van der Waals surface area (Å²) in [7, 11) is 2.03. The minimum absolute atomic E-state index is 0.392. The maximum absolute atomic E-state index is 5.78. The number of nitrogens with two attached hydrogens (primary N) is 1. The Labute approximate surface area is 98.6 Å². The number of anilines is 1. The molecule has 17 heavy (non-hydrogen) atoms. The van der Waals surface area contributed by atoms with Gasteiger partial charge in [-0.05, 0) is 41.3 Å². The molecule has 2 aromatic heterocycles. The van der Waals surface area contributed by atoms with Gasteiger partial charge in [-0.1, -0.05) is 0 Å². The Hall–Kier alpha value is -1.76. The van der Waals surface area contributed by atoms with Crippen molar-refractivity contribution < 1.29 is 0 Å². The minimum Gasteiger partial charge on any atom is -0.358 e. The average molecular weight is 233 g/mol. The number of hydrogen-bond donors (Lipinski definition) is 1. The van der Waals surface area contributed by atoms with Crippen molar-refractivity contribution in [2.45, 2.75) is 18.9 Å². The van der Waals surface area contributed by atoms with Gasteiger partial charge >= 0.3 is 0 Å². The van der Waals surface area contributed by atoms with Crippen molar-refractivity contribution in [2.24, 2.45) is 11.7 Å². The Kier molecular flexibility index (Phi) is 2.40. The molecule has 0 unspecified atom stereocenters. The van der Waals surface area contributed by atoms with E-state index in [2.05, 4.69) is 25.5 Å². The van der Waals surface area contributed by atoms with Crippen LogP contribution >= 0.6 is 0 Å². The Morgan fingerprint density at radius 1 is 1.47 bits per heavy atom. The Bertz CT molecular complexity index is 516. The lowest BCUT2D eigenvalue weighted by atomic mass is 9.81. The van der Waals surface area contributed by atoms with Crippen LogP contribution in [0.5, 0.6) is 0 Å². The van der Waals surface area contributed by atoms with Crippen LogP contribution in [0.4, 0.5) is 5.82 Å². The van der Waals surface area contributed by atoms with Crippen molar-refractivity contribution in [2.75, 3.05) is 18.5 Å². The third kappa shape index (κ3) is 1.93. The highest BCUT2D eigenvalue weighted by Gasteiger charge is 2.27. The number of tetrazole rings is 1. The summed E-state index contributed by atoms with van der Waals surface area (Å²) in [4.78, 5) is 2.12. The second-order valence-corrected chi connectivity index (χ2v) is 4.70. The van der Waals surface area contributed by atoms with Gasteiger partial charge in [-0.25, -0.2) is 0 Å². The molecule has 0 radical (unpaired) electrons. The van der Waals surface area contributed by atoms with Crippen molar-refractivity contribution in [1.29, 1.82) is 0 Å². The van der Waals surface area contributed by atoms with Crippen molar-refractivity contribution >= 4 is 11.5 Å². The fourth-order valence-corrected chi connectivity index (χ4v) is 2.26. The molecule has 0 atom stereocenters. The van der Waals surface area contributed by atoms with Gasteiger partial charge < -0.3 is 10.6 Å². The number of rotatable bonds is 3. The molecular weight excluding hydrogens is 218 g/mol.